The number of ether oxygens (including phenoxy) is 2. The third-order valence-electron chi connectivity index (χ3n) is 5.78. The van der Waals surface area contributed by atoms with E-state index in [1.807, 2.05) is 23.1 Å². The number of carbonyl (C=O) groups excluding carboxylic acids is 1. The van der Waals surface area contributed by atoms with Gasteiger partial charge in [0.2, 0.25) is 5.91 Å². The molecular formula is C23H37N3O4. The van der Waals surface area contributed by atoms with Crippen LogP contribution in [-0.4, -0.2) is 104 Å². The summed E-state index contributed by atoms with van der Waals surface area (Å²) in [5.74, 6) is 1.04. The highest BCUT2D eigenvalue weighted by molar-refractivity contribution is 5.78. The number of morpholine rings is 1. The van der Waals surface area contributed by atoms with Gasteiger partial charge >= 0.3 is 0 Å². The van der Waals surface area contributed by atoms with Gasteiger partial charge in [-0.2, -0.15) is 0 Å². The summed E-state index contributed by atoms with van der Waals surface area (Å²) < 4.78 is 11.3. The molecule has 0 radical (unpaired) electrons. The summed E-state index contributed by atoms with van der Waals surface area (Å²) in [5, 5.41) is 10.5. The number of hydrogen-bond donors (Lipinski definition) is 1. The normalized spacial score (nSPS) is 20.2. The minimum Gasteiger partial charge on any atom is -0.491 e. The molecule has 2 heterocycles. The van der Waals surface area contributed by atoms with Gasteiger partial charge in [-0.05, 0) is 17.0 Å². The Bertz CT molecular complexity index is 677. The number of piperazine rings is 1. The van der Waals surface area contributed by atoms with Crippen molar-refractivity contribution in [3.05, 3.63) is 29.8 Å². The van der Waals surface area contributed by atoms with E-state index in [4.69, 9.17) is 9.47 Å². The van der Waals surface area contributed by atoms with Crippen molar-refractivity contribution in [1.82, 2.24) is 14.7 Å². The molecular weight excluding hydrogens is 382 g/mol. The third kappa shape index (κ3) is 6.67. The molecule has 0 aliphatic carbocycles. The van der Waals surface area contributed by atoms with Crippen LogP contribution in [0.25, 0.3) is 0 Å². The van der Waals surface area contributed by atoms with Crippen molar-refractivity contribution in [1.29, 1.82) is 0 Å². The average molecular weight is 420 g/mol. The Kier molecular flexibility index (Phi) is 8.11. The highest BCUT2D eigenvalue weighted by Crippen LogP contribution is 2.30. The van der Waals surface area contributed by atoms with E-state index in [-0.39, 0.29) is 17.9 Å². The Labute approximate surface area is 180 Å². The van der Waals surface area contributed by atoms with Crippen molar-refractivity contribution in [2.24, 2.45) is 0 Å². The molecule has 1 aromatic carbocycles. The number of aliphatic hydroxyl groups excluding tert-OH is 1. The second kappa shape index (κ2) is 10.6. The Morgan fingerprint density at radius 3 is 2.37 bits per heavy atom. The Hall–Kier alpha value is -1.67. The molecule has 3 rings (SSSR count). The number of benzene rings is 1. The first-order valence-corrected chi connectivity index (χ1v) is 11.0. The lowest BCUT2D eigenvalue weighted by molar-refractivity contribution is -0.137. The van der Waals surface area contributed by atoms with Crippen molar-refractivity contribution >= 4 is 5.91 Å². The van der Waals surface area contributed by atoms with Gasteiger partial charge in [-0.3, -0.25) is 14.6 Å². The van der Waals surface area contributed by atoms with Crippen LogP contribution in [0, 0.1) is 0 Å². The number of β-amino-alcohol motifs (C(OH)–C–C–N with tert-alkyl or cyclic N) is 1. The molecule has 2 fully saturated rings. The van der Waals surface area contributed by atoms with E-state index in [0.29, 0.717) is 39.4 Å². The lowest BCUT2D eigenvalue weighted by atomic mass is 9.86. The molecule has 1 amide bonds. The molecule has 7 nitrogen and oxygen atoms in total. The largest absolute Gasteiger partial charge is 0.491 e. The zero-order valence-electron chi connectivity index (χ0n) is 18.7. The van der Waals surface area contributed by atoms with Gasteiger partial charge in [0.15, 0.2) is 0 Å². The van der Waals surface area contributed by atoms with Crippen LogP contribution >= 0.6 is 0 Å². The van der Waals surface area contributed by atoms with Crippen LogP contribution in [0.3, 0.4) is 0 Å². The van der Waals surface area contributed by atoms with Gasteiger partial charge in [-0.15, -0.1) is 0 Å². The lowest BCUT2D eigenvalue weighted by Crippen LogP contribution is -2.52. The highest BCUT2D eigenvalue weighted by Gasteiger charge is 2.24. The summed E-state index contributed by atoms with van der Waals surface area (Å²) >= 11 is 0. The number of hydrogen-bond acceptors (Lipinski definition) is 6. The molecule has 2 saturated heterocycles. The van der Waals surface area contributed by atoms with Gasteiger partial charge in [-0.1, -0.05) is 39.0 Å². The van der Waals surface area contributed by atoms with Crippen LogP contribution in [0.1, 0.15) is 26.3 Å². The third-order valence-corrected chi connectivity index (χ3v) is 5.78. The van der Waals surface area contributed by atoms with Crippen molar-refractivity contribution in [2.45, 2.75) is 32.3 Å². The number of carbonyl (C=O) groups is 1. The fourth-order valence-corrected chi connectivity index (χ4v) is 3.98. The van der Waals surface area contributed by atoms with E-state index in [9.17, 15) is 9.90 Å². The highest BCUT2D eigenvalue weighted by atomic mass is 16.5. The van der Waals surface area contributed by atoms with E-state index in [1.54, 1.807) is 0 Å². The maximum atomic E-state index is 12.4. The summed E-state index contributed by atoms with van der Waals surface area (Å²) in [6.45, 7) is 13.9. The van der Waals surface area contributed by atoms with E-state index in [2.05, 4.69) is 36.6 Å². The van der Waals surface area contributed by atoms with E-state index < -0.39 is 6.10 Å². The molecule has 2 aliphatic rings. The maximum absolute atomic E-state index is 12.4. The van der Waals surface area contributed by atoms with E-state index in [0.717, 1.165) is 37.5 Å². The van der Waals surface area contributed by atoms with Crippen LogP contribution in [0.5, 0.6) is 5.75 Å². The summed E-state index contributed by atoms with van der Waals surface area (Å²) in [4.78, 5) is 18.8. The number of amides is 1. The molecule has 0 spiro atoms. The topological polar surface area (TPSA) is 65.5 Å². The maximum Gasteiger partial charge on any atom is 0.236 e. The summed E-state index contributed by atoms with van der Waals surface area (Å²) in [7, 11) is 0. The fraction of sp³-hybridized carbons (Fsp3) is 0.696. The molecule has 7 heteroatoms. The second-order valence-corrected chi connectivity index (χ2v) is 9.28. The first-order valence-electron chi connectivity index (χ1n) is 11.0. The molecule has 1 N–H and O–H groups in total. The van der Waals surface area contributed by atoms with Crippen molar-refractivity contribution in [2.75, 3.05) is 72.2 Å². The van der Waals surface area contributed by atoms with E-state index in [1.165, 1.54) is 0 Å². The number of para-hydroxylation sites is 1. The smallest absolute Gasteiger partial charge is 0.236 e. The molecule has 168 valence electrons. The van der Waals surface area contributed by atoms with Crippen molar-refractivity contribution in [3.8, 4) is 5.75 Å². The van der Waals surface area contributed by atoms with Crippen LogP contribution in [-0.2, 0) is 14.9 Å². The van der Waals surface area contributed by atoms with Gasteiger partial charge in [0, 0.05) is 45.8 Å². The van der Waals surface area contributed by atoms with Gasteiger partial charge in [0.05, 0.1) is 19.8 Å². The average Bonchev–Trinajstić information content (AvgIpc) is 2.74. The van der Waals surface area contributed by atoms with Crippen LogP contribution in [0.2, 0.25) is 0 Å². The standard InChI is InChI=1S/C23H37N3O4/c1-23(2,3)20-6-4-5-7-21(20)30-18-19(27)16-24-8-10-25(11-9-24)17-22(28)26-12-14-29-15-13-26/h4-7,19,27H,8-18H2,1-3H3. The number of aliphatic hydroxyl groups is 1. The molecule has 0 saturated carbocycles. The molecule has 1 atom stereocenters. The summed E-state index contributed by atoms with van der Waals surface area (Å²) in [6.07, 6.45) is -0.542. The molecule has 0 aromatic heterocycles. The van der Waals surface area contributed by atoms with Gasteiger partial charge < -0.3 is 19.5 Å². The predicted octanol–water partition coefficient (Wildman–Crippen LogP) is 1.20. The van der Waals surface area contributed by atoms with E-state index >= 15 is 0 Å². The molecule has 1 aromatic rings. The van der Waals surface area contributed by atoms with Gasteiger partial charge in [0.25, 0.3) is 0 Å². The summed E-state index contributed by atoms with van der Waals surface area (Å²) in [5.41, 5.74) is 1.15. The number of nitrogens with zero attached hydrogens (tertiary/aromatic N) is 3. The molecule has 30 heavy (non-hydrogen) atoms. The fourth-order valence-electron chi connectivity index (χ4n) is 3.98. The quantitative estimate of drug-likeness (QED) is 0.717. The van der Waals surface area contributed by atoms with Crippen LogP contribution < -0.4 is 4.74 Å². The first-order chi connectivity index (χ1) is 14.3. The SMILES string of the molecule is CC(C)(C)c1ccccc1OCC(O)CN1CCN(CC(=O)N2CCOCC2)CC1. The minimum absolute atomic E-state index is 0.00344. The molecule has 2 aliphatic heterocycles. The van der Waals surface area contributed by atoms with Crippen LogP contribution in [0.4, 0.5) is 0 Å². The Balaban J connectivity index is 1.38. The summed E-state index contributed by atoms with van der Waals surface area (Å²) in [6, 6.07) is 8.04. The second-order valence-electron chi connectivity index (χ2n) is 9.28. The zero-order valence-corrected chi connectivity index (χ0v) is 18.7. The predicted molar refractivity (Wildman–Crippen MR) is 117 cm³/mol. The zero-order chi connectivity index (χ0) is 21.6. The molecule has 0 bridgehead atoms. The minimum atomic E-state index is -0.542. The van der Waals surface area contributed by atoms with Crippen molar-refractivity contribution in [3.63, 3.8) is 0 Å². The first kappa shape index (κ1) is 23.0. The monoisotopic (exact) mass is 419 g/mol. The Morgan fingerprint density at radius 1 is 1.07 bits per heavy atom. The van der Waals surface area contributed by atoms with Gasteiger partial charge in [-0.25, -0.2) is 0 Å². The van der Waals surface area contributed by atoms with Crippen LogP contribution in [0.15, 0.2) is 24.3 Å². The van der Waals surface area contributed by atoms with Crippen molar-refractivity contribution < 1.29 is 19.4 Å². The number of rotatable bonds is 7. The van der Waals surface area contributed by atoms with Gasteiger partial charge in [0.1, 0.15) is 18.5 Å². The lowest BCUT2D eigenvalue weighted by Gasteiger charge is -2.36. The molecule has 1 unspecified atom stereocenters. The Morgan fingerprint density at radius 2 is 1.70 bits per heavy atom.